The minimum Gasteiger partial charge on any atom is -0.491 e. The number of hydrogen-bond donors (Lipinski definition) is 1. The lowest BCUT2D eigenvalue weighted by Gasteiger charge is -2.33. The molecule has 8 heteroatoms. The number of carbonyl (C=O) groups is 3. The summed E-state index contributed by atoms with van der Waals surface area (Å²) < 4.78 is 10.9. The van der Waals surface area contributed by atoms with Gasteiger partial charge in [-0.3, -0.25) is 19.3 Å². The molecule has 1 unspecified atom stereocenters. The fraction of sp³-hybridized carbons (Fsp3) is 0.500. The molecule has 0 bridgehead atoms. The molecule has 2 N–H and O–H groups in total. The number of nitrogens with zero attached hydrogens (tertiary/aromatic N) is 2. The second-order valence-electron chi connectivity index (χ2n) is 6.35. The van der Waals surface area contributed by atoms with Gasteiger partial charge in [-0.25, -0.2) is 0 Å². The first-order chi connectivity index (χ1) is 12.5. The average molecular weight is 361 g/mol. The van der Waals surface area contributed by atoms with Gasteiger partial charge in [0, 0.05) is 32.1 Å². The van der Waals surface area contributed by atoms with E-state index in [0.717, 1.165) is 10.5 Å². The van der Waals surface area contributed by atoms with E-state index in [1.54, 1.807) is 17.0 Å². The lowest BCUT2D eigenvalue weighted by molar-refractivity contribution is -0.150. The summed E-state index contributed by atoms with van der Waals surface area (Å²) in [6.07, 6.45) is 0.633. The van der Waals surface area contributed by atoms with Gasteiger partial charge in [-0.2, -0.15) is 0 Å². The molecule has 2 heterocycles. The molecule has 0 saturated carbocycles. The van der Waals surface area contributed by atoms with Crippen molar-refractivity contribution in [2.75, 3.05) is 33.4 Å². The highest BCUT2D eigenvalue weighted by molar-refractivity contribution is 6.05. The number of benzene rings is 1. The highest BCUT2D eigenvalue weighted by atomic mass is 16.5. The Balaban J connectivity index is 1.66. The van der Waals surface area contributed by atoms with E-state index in [-0.39, 0.29) is 24.1 Å². The third-order valence-electron chi connectivity index (χ3n) is 4.67. The Kier molecular flexibility index (Phi) is 5.53. The number of rotatable bonds is 7. The van der Waals surface area contributed by atoms with E-state index >= 15 is 0 Å². The highest BCUT2D eigenvalue weighted by Crippen LogP contribution is 2.31. The molecule has 8 nitrogen and oxygen atoms in total. The van der Waals surface area contributed by atoms with Crippen molar-refractivity contribution in [3.8, 4) is 5.75 Å². The molecule has 2 aliphatic heterocycles. The molecule has 1 fully saturated rings. The van der Waals surface area contributed by atoms with E-state index in [4.69, 9.17) is 15.2 Å². The average Bonchev–Trinajstić information content (AvgIpc) is 2.96. The number of likely N-dealkylation sites (tertiary alicyclic amines) is 1. The Hall–Kier alpha value is -2.45. The number of carbonyl (C=O) groups excluding carboxylic acids is 3. The molecule has 0 radical (unpaired) electrons. The van der Waals surface area contributed by atoms with Gasteiger partial charge < -0.3 is 20.1 Å². The van der Waals surface area contributed by atoms with Crippen LogP contribution in [-0.2, 0) is 20.9 Å². The quantitative estimate of drug-likeness (QED) is 0.548. The topological polar surface area (TPSA) is 102 Å². The predicted octanol–water partition coefficient (Wildman–Crippen LogP) is 0.144. The zero-order valence-electron chi connectivity index (χ0n) is 14.8. The number of fused-ring (bicyclic) bond motifs is 1. The van der Waals surface area contributed by atoms with Crippen LogP contribution in [0, 0.1) is 0 Å². The Bertz CT molecular complexity index is 721. The van der Waals surface area contributed by atoms with Crippen molar-refractivity contribution in [1.82, 2.24) is 9.80 Å². The molecule has 1 aromatic rings. The van der Waals surface area contributed by atoms with Gasteiger partial charge in [0.1, 0.15) is 18.4 Å². The van der Waals surface area contributed by atoms with Crippen molar-refractivity contribution in [2.24, 2.45) is 5.73 Å². The summed E-state index contributed by atoms with van der Waals surface area (Å²) in [5.74, 6) is -0.151. The van der Waals surface area contributed by atoms with E-state index in [2.05, 4.69) is 0 Å². The molecule has 0 spiro atoms. The number of likely N-dealkylation sites (N-methyl/N-ethyl adjacent to an activating group) is 1. The van der Waals surface area contributed by atoms with Crippen LogP contribution in [0.1, 0.15) is 28.8 Å². The fourth-order valence-corrected chi connectivity index (χ4v) is 3.23. The Morgan fingerprint density at radius 3 is 2.77 bits per heavy atom. The fourth-order valence-electron chi connectivity index (χ4n) is 3.23. The monoisotopic (exact) mass is 361 g/mol. The van der Waals surface area contributed by atoms with Gasteiger partial charge in [0.05, 0.1) is 13.2 Å². The largest absolute Gasteiger partial charge is 0.491 e. The van der Waals surface area contributed by atoms with E-state index < -0.39 is 6.04 Å². The molecule has 0 aromatic heterocycles. The standard InChI is InChI=1S/C18H23N3O5/c1-20-16(22)5-4-15(18(20)24)21-11-12-2-3-13(10-14(12)17(21)23)26-9-8-25-7-6-19/h2-3,10,15H,4-9,11,19H2,1H3. The summed E-state index contributed by atoms with van der Waals surface area (Å²) in [5, 5.41) is 0. The number of ether oxygens (including phenoxy) is 2. The molecule has 3 rings (SSSR count). The van der Waals surface area contributed by atoms with E-state index in [9.17, 15) is 14.4 Å². The van der Waals surface area contributed by atoms with Crippen LogP contribution in [0.2, 0.25) is 0 Å². The summed E-state index contributed by atoms with van der Waals surface area (Å²) in [4.78, 5) is 39.5. The second kappa shape index (κ2) is 7.84. The van der Waals surface area contributed by atoms with Gasteiger partial charge in [-0.05, 0) is 24.1 Å². The van der Waals surface area contributed by atoms with Gasteiger partial charge in [0.15, 0.2) is 0 Å². The number of hydrogen-bond acceptors (Lipinski definition) is 6. The lowest BCUT2D eigenvalue weighted by atomic mass is 10.0. The minimum atomic E-state index is -0.591. The van der Waals surface area contributed by atoms with Gasteiger partial charge in [-0.15, -0.1) is 0 Å². The van der Waals surface area contributed by atoms with Crippen LogP contribution >= 0.6 is 0 Å². The number of amides is 3. The van der Waals surface area contributed by atoms with Crippen LogP contribution in [0.25, 0.3) is 0 Å². The minimum absolute atomic E-state index is 0.203. The molecule has 3 amide bonds. The summed E-state index contributed by atoms with van der Waals surface area (Å²) in [6, 6.07) is 4.75. The van der Waals surface area contributed by atoms with Crippen LogP contribution < -0.4 is 10.5 Å². The molecular formula is C18H23N3O5. The maximum absolute atomic E-state index is 12.8. The van der Waals surface area contributed by atoms with Gasteiger partial charge >= 0.3 is 0 Å². The zero-order chi connectivity index (χ0) is 18.7. The third-order valence-corrected chi connectivity index (χ3v) is 4.67. The van der Waals surface area contributed by atoms with Crippen LogP contribution in [0.4, 0.5) is 0 Å². The van der Waals surface area contributed by atoms with Crippen LogP contribution in [0.3, 0.4) is 0 Å². The number of piperidine rings is 1. The SMILES string of the molecule is CN1C(=O)CCC(N2Cc3ccc(OCCOCCN)cc3C2=O)C1=O. The lowest BCUT2D eigenvalue weighted by Crippen LogP contribution is -2.53. The van der Waals surface area contributed by atoms with Gasteiger partial charge in [0.2, 0.25) is 5.91 Å². The third kappa shape index (κ3) is 3.56. The maximum Gasteiger partial charge on any atom is 0.255 e. The van der Waals surface area contributed by atoms with Crippen molar-refractivity contribution < 1.29 is 23.9 Å². The van der Waals surface area contributed by atoms with Crippen molar-refractivity contribution >= 4 is 17.7 Å². The van der Waals surface area contributed by atoms with Crippen molar-refractivity contribution in [3.05, 3.63) is 29.3 Å². The molecule has 140 valence electrons. The molecule has 2 aliphatic rings. The molecule has 1 atom stereocenters. The van der Waals surface area contributed by atoms with Crippen LogP contribution in [-0.4, -0.2) is 67.0 Å². The van der Waals surface area contributed by atoms with Gasteiger partial charge in [-0.1, -0.05) is 6.07 Å². The Morgan fingerprint density at radius 2 is 2.00 bits per heavy atom. The van der Waals surface area contributed by atoms with E-state index in [1.165, 1.54) is 7.05 Å². The Labute approximate surface area is 151 Å². The highest BCUT2D eigenvalue weighted by Gasteiger charge is 2.41. The van der Waals surface area contributed by atoms with Crippen LogP contribution in [0.15, 0.2) is 18.2 Å². The van der Waals surface area contributed by atoms with Crippen molar-refractivity contribution in [1.29, 1.82) is 0 Å². The van der Waals surface area contributed by atoms with Crippen LogP contribution in [0.5, 0.6) is 5.75 Å². The molecular weight excluding hydrogens is 338 g/mol. The number of imide groups is 1. The summed E-state index contributed by atoms with van der Waals surface area (Å²) in [6.45, 7) is 2.10. The first kappa shape index (κ1) is 18.3. The summed E-state index contributed by atoms with van der Waals surface area (Å²) in [5.41, 5.74) is 6.74. The molecule has 1 aromatic carbocycles. The molecule has 0 aliphatic carbocycles. The predicted molar refractivity (Wildman–Crippen MR) is 92.5 cm³/mol. The van der Waals surface area contributed by atoms with E-state index in [0.29, 0.717) is 50.6 Å². The summed E-state index contributed by atoms with van der Waals surface area (Å²) >= 11 is 0. The zero-order valence-corrected chi connectivity index (χ0v) is 14.8. The maximum atomic E-state index is 12.8. The van der Waals surface area contributed by atoms with Crippen molar-refractivity contribution in [3.63, 3.8) is 0 Å². The number of nitrogens with two attached hydrogens (primary N) is 1. The smallest absolute Gasteiger partial charge is 0.255 e. The first-order valence-corrected chi connectivity index (χ1v) is 8.68. The molecule has 26 heavy (non-hydrogen) atoms. The molecule has 1 saturated heterocycles. The normalized spacial score (nSPS) is 19.9. The van der Waals surface area contributed by atoms with Crippen molar-refractivity contribution in [2.45, 2.75) is 25.4 Å². The second-order valence-corrected chi connectivity index (χ2v) is 6.35. The van der Waals surface area contributed by atoms with E-state index in [1.807, 2.05) is 6.07 Å². The Morgan fingerprint density at radius 1 is 1.19 bits per heavy atom. The van der Waals surface area contributed by atoms with Gasteiger partial charge in [0.25, 0.3) is 11.8 Å². The first-order valence-electron chi connectivity index (χ1n) is 8.68. The summed E-state index contributed by atoms with van der Waals surface area (Å²) in [7, 11) is 1.46.